The summed E-state index contributed by atoms with van der Waals surface area (Å²) in [5.41, 5.74) is 7.92. The van der Waals surface area contributed by atoms with E-state index in [0.29, 0.717) is 30.5 Å². The zero-order chi connectivity index (χ0) is 17.4. The average Bonchev–Trinajstić information content (AvgIpc) is 2.48. The Hall–Kier alpha value is -1.50. The van der Waals surface area contributed by atoms with Crippen LogP contribution in [-0.2, 0) is 9.59 Å². The summed E-state index contributed by atoms with van der Waals surface area (Å²) in [6.45, 7) is 3.12. The molecule has 0 aliphatic carbocycles. The van der Waals surface area contributed by atoms with E-state index in [0.717, 1.165) is 11.3 Å². The molecule has 0 spiro atoms. The molecule has 4 N–H and O–H groups in total. The van der Waals surface area contributed by atoms with Crippen LogP contribution in [0.5, 0.6) is 0 Å². The highest BCUT2D eigenvalue weighted by Crippen LogP contribution is 2.27. The van der Waals surface area contributed by atoms with Gasteiger partial charge in [-0.15, -0.1) is 23.2 Å². The minimum absolute atomic E-state index is 0.421. The molecular weight excluding hydrogens is 341 g/mol. The fourth-order valence-corrected chi connectivity index (χ4v) is 2.57. The molecule has 6 nitrogen and oxygen atoms in total. The third kappa shape index (κ3) is 5.89. The normalized spacial score (nSPS) is 11.8. The Bertz CT molecular complexity index is 549. The molecule has 0 bridgehead atoms. The predicted molar refractivity (Wildman–Crippen MR) is 93.7 cm³/mol. The van der Waals surface area contributed by atoms with E-state index in [1.165, 1.54) is 0 Å². The second-order valence-electron chi connectivity index (χ2n) is 5.01. The van der Waals surface area contributed by atoms with Crippen molar-refractivity contribution in [2.45, 2.75) is 19.4 Å². The fourth-order valence-electron chi connectivity index (χ4n) is 2.16. The van der Waals surface area contributed by atoms with Crippen LogP contribution in [0, 0.1) is 6.92 Å². The molecule has 0 aliphatic heterocycles. The maximum Gasteiger partial charge on any atom is 0.305 e. The Balaban J connectivity index is 2.94. The number of alkyl halides is 2. The summed E-state index contributed by atoms with van der Waals surface area (Å²) in [7, 11) is 0. The summed E-state index contributed by atoms with van der Waals surface area (Å²) < 4.78 is 0. The number of hydrogen-bond acceptors (Lipinski definition) is 4. The van der Waals surface area contributed by atoms with Crippen molar-refractivity contribution in [3.63, 3.8) is 0 Å². The number of hydrogen-bond donors (Lipinski definition) is 3. The lowest BCUT2D eigenvalue weighted by atomic mass is 10.1. The molecule has 0 aromatic heterocycles. The van der Waals surface area contributed by atoms with Crippen LogP contribution in [0.15, 0.2) is 18.2 Å². The van der Waals surface area contributed by atoms with E-state index in [2.05, 4.69) is 5.32 Å². The lowest BCUT2D eigenvalue weighted by molar-refractivity contribution is -0.138. The molecule has 23 heavy (non-hydrogen) atoms. The highest BCUT2D eigenvalue weighted by Gasteiger charge is 2.19. The lowest BCUT2D eigenvalue weighted by Gasteiger charge is -2.26. The van der Waals surface area contributed by atoms with Crippen LogP contribution < -0.4 is 16.0 Å². The van der Waals surface area contributed by atoms with E-state index in [1.54, 1.807) is 12.1 Å². The number of carbonyl (C=O) groups is 2. The van der Waals surface area contributed by atoms with Crippen LogP contribution in [0.4, 0.5) is 11.4 Å². The number of nitrogens with one attached hydrogen (secondary N) is 1. The van der Waals surface area contributed by atoms with Gasteiger partial charge >= 0.3 is 5.97 Å². The minimum atomic E-state index is -1.12. The predicted octanol–water partition coefficient (Wildman–Crippen LogP) is 2.02. The first kappa shape index (κ1) is 19.5. The van der Waals surface area contributed by atoms with Gasteiger partial charge in [0.1, 0.15) is 0 Å². The van der Waals surface area contributed by atoms with E-state index >= 15 is 0 Å². The molecule has 0 radical (unpaired) electrons. The van der Waals surface area contributed by atoms with Crippen molar-refractivity contribution >= 4 is 46.5 Å². The van der Waals surface area contributed by atoms with Crippen LogP contribution in [-0.4, -0.2) is 47.9 Å². The summed E-state index contributed by atoms with van der Waals surface area (Å²) in [5, 5.41) is 11.4. The zero-order valence-corrected chi connectivity index (χ0v) is 14.4. The second-order valence-corrected chi connectivity index (χ2v) is 5.76. The lowest BCUT2D eigenvalue weighted by Crippen LogP contribution is -2.37. The summed E-state index contributed by atoms with van der Waals surface area (Å²) in [4.78, 5) is 24.6. The zero-order valence-electron chi connectivity index (χ0n) is 12.9. The molecule has 1 atom stereocenters. The topological polar surface area (TPSA) is 95.7 Å². The van der Waals surface area contributed by atoms with Gasteiger partial charge in [-0.05, 0) is 24.6 Å². The first-order chi connectivity index (χ1) is 10.9. The van der Waals surface area contributed by atoms with E-state index in [4.69, 9.17) is 34.0 Å². The van der Waals surface area contributed by atoms with Crippen molar-refractivity contribution in [2.24, 2.45) is 5.73 Å². The van der Waals surface area contributed by atoms with E-state index in [1.807, 2.05) is 17.9 Å². The molecule has 0 unspecified atom stereocenters. The van der Waals surface area contributed by atoms with Crippen molar-refractivity contribution in [2.75, 3.05) is 35.1 Å². The Labute approximate surface area is 145 Å². The number of rotatable bonds is 9. The Kier molecular flexibility index (Phi) is 8.16. The minimum Gasteiger partial charge on any atom is -0.481 e. The van der Waals surface area contributed by atoms with Crippen LogP contribution in [0.25, 0.3) is 0 Å². The van der Waals surface area contributed by atoms with E-state index in [-0.39, 0.29) is 0 Å². The van der Waals surface area contributed by atoms with E-state index in [9.17, 15) is 9.59 Å². The molecule has 0 fully saturated rings. The molecule has 128 valence electrons. The van der Waals surface area contributed by atoms with Gasteiger partial charge in [-0.1, -0.05) is 6.07 Å². The largest absolute Gasteiger partial charge is 0.481 e. The average molecular weight is 362 g/mol. The Morgan fingerprint density at radius 3 is 2.43 bits per heavy atom. The number of halogens is 2. The molecule has 0 heterocycles. The maximum absolute atomic E-state index is 12.0. The smallest absolute Gasteiger partial charge is 0.305 e. The van der Waals surface area contributed by atoms with Gasteiger partial charge in [-0.25, -0.2) is 0 Å². The molecule has 1 aromatic rings. The summed E-state index contributed by atoms with van der Waals surface area (Å²) in [6, 6.07) is 4.36. The number of nitrogens with two attached hydrogens (primary N) is 1. The summed E-state index contributed by atoms with van der Waals surface area (Å²) >= 11 is 11.6. The van der Waals surface area contributed by atoms with Gasteiger partial charge in [0.2, 0.25) is 5.91 Å². The third-order valence-corrected chi connectivity index (χ3v) is 3.68. The first-order valence-electron chi connectivity index (χ1n) is 7.15. The number of anilines is 2. The molecule has 8 heteroatoms. The van der Waals surface area contributed by atoms with Crippen LogP contribution >= 0.6 is 23.2 Å². The van der Waals surface area contributed by atoms with Gasteiger partial charge in [-0.3, -0.25) is 9.59 Å². The van der Waals surface area contributed by atoms with Gasteiger partial charge < -0.3 is 21.1 Å². The monoisotopic (exact) mass is 361 g/mol. The van der Waals surface area contributed by atoms with Crippen molar-refractivity contribution in [1.29, 1.82) is 0 Å². The number of carbonyl (C=O) groups excluding carboxylic acids is 1. The highest BCUT2D eigenvalue weighted by molar-refractivity contribution is 6.18. The molecule has 1 aromatic carbocycles. The molecule has 1 amide bonds. The molecular formula is C15H21Cl2N3O3. The second kappa shape index (κ2) is 9.60. The number of carboxylic acid groups (broad SMARTS) is 1. The third-order valence-electron chi connectivity index (χ3n) is 3.34. The van der Waals surface area contributed by atoms with Gasteiger partial charge in [-0.2, -0.15) is 0 Å². The van der Waals surface area contributed by atoms with Crippen molar-refractivity contribution in [1.82, 2.24) is 0 Å². The number of aliphatic carboxylic acids is 1. The number of amides is 1. The maximum atomic E-state index is 12.0. The Morgan fingerprint density at radius 2 is 1.91 bits per heavy atom. The summed E-state index contributed by atoms with van der Waals surface area (Å²) in [5.74, 6) is -0.741. The van der Waals surface area contributed by atoms with Gasteiger partial charge in [0.15, 0.2) is 0 Å². The van der Waals surface area contributed by atoms with Gasteiger partial charge in [0.25, 0.3) is 0 Å². The number of benzene rings is 1. The van der Waals surface area contributed by atoms with Crippen LogP contribution in [0.2, 0.25) is 0 Å². The molecule has 1 rings (SSSR count). The van der Waals surface area contributed by atoms with Gasteiger partial charge in [0, 0.05) is 36.2 Å². The van der Waals surface area contributed by atoms with E-state index < -0.39 is 24.3 Å². The standard InChI is InChI=1S/C15H21Cl2N3O3/c1-10-12(19-15(23)11(18)9-14(21)22)3-2-4-13(10)20(7-5-16)8-6-17/h2-4,11H,5-9,18H2,1H3,(H,19,23)(H,21,22)/t11-/m1/s1. The summed E-state index contributed by atoms with van der Waals surface area (Å²) in [6.07, 6.45) is -0.421. The van der Waals surface area contributed by atoms with Gasteiger partial charge in [0.05, 0.1) is 12.5 Å². The number of nitrogens with zero attached hydrogens (tertiary/aromatic N) is 1. The molecule has 0 saturated carbocycles. The molecule has 0 aliphatic rings. The molecule has 0 saturated heterocycles. The van der Waals surface area contributed by atoms with Crippen molar-refractivity contribution in [3.8, 4) is 0 Å². The SMILES string of the molecule is Cc1c(NC(=O)[C@H](N)CC(=O)O)cccc1N(CCCl)CCCl. The van der Waals surface area contributed by atoms with Crippen molar-refractivity contribution in [3.05, 3.63) is 23.8 Å². The van der Waals surface area contributed by atoms with Crippen LogP contribution in [0.1, 0.15) is 12.0 Å². The van der Waals surface area contributed by atoms with Crippen LogP contribution in [0.3, 0.4) is 0 Å². The fraction of sp³-hybridized carbons (Fsp3) is 0.467. The quantitative estimate of drug-likeness (QED) is 0.584. The highest BCUT2D eigenvalue weighted by atomic mass is 35.5. The first-order valence-corrected chi connectivity index (χ1v) is 8.22. The van der Waals surface area contributed by atoms with Crippen molar-refractivity contribution < 1.29 is 14.7 Å². The Morgan fingerprint density at radius 1 is 1.30 bits per heavy atom. The number of carboxylic acids is 1.